The van der Waals surface area contributed by atoms with E-state index < -0.39 is 0 Å². The molecule has 0 radical (unpaired) electrons. The number of nitrogens with zero attached hydrogens (tertiary/aromatic N) is 1. The Morgan fingerprint density at radius 3 is 1.48 bits per heavy atom. The molecule has 2 heteroatoms. The van der Waals surface area contributed by atoms with E-state index in [4.69, 9.17) is 4.42 Å². The van der Waals surface area contributed by atoms with Crippen LogP contribution in [0.15, 0.2) is 180 Å². The highest BCUT2D eigenvalue weighted by atomic mass is 16.3. The molecule has 0 saturated carbocycles. The van der Waals surface area contributed by atoms with Crippen molar-refractivity contribution < 1.29 is 4.42 Å². The van der Waals surface area contributed by atoms with Gasteiger partial charge in [-0.15, -0.1) is 0 Å². The van der Waals surface area contributed by atoms with Crippen LogP contribution < -0.4 is 4.90 Å². The number of rotatable bonds is 5. The Bertz CT molecular complexity index is 2500. The summed E-state index contributed by atoms with van der Waals surface area (Å²) in [6.07, 6.45) is 0. The molecule has 0 bridgehead atoms. The van der Waals surface area contributed by atoms with E-state index in [-0.39, 0.29) is 0 Å². The van der Waals surface area contributed by atoms with Crippen molar-refractivity contribution in [3.8, 4) is 22.3 Å². The summed E-state index contributed by atoms with van der Waals surface area (Å²) >= 11 is 0. The van der Waals surface area contributed by atoms with Gasteiger partial charge in [-0.25, -0.2) is 0 Å². The van der Waals surface area contributed by atoms with Crippen LogP contribution in [0.5, 0.6) is 0 Å². The van der Waals surface area contributed by atoms with Crippen molar-refractivity contribution in [3.63, 3.8) is 0 Å². The van der Waals surface area contributed by atoms with Gasteiger partial charge in [-0.1, -0.05) is 140 Å². The van der Waals surface area contributed by atoms with Gasteiger partial charge in [0.15, 0.2) is 0 Å². The Balaban J connectivity index is 1.40. The molecule has 0 amide bonds. The average molecular weight is 588 g/mol. The van der Waals surface area contributed by atoms with Gasteiger partial charge >= 0.3 is 0 Å². The highest BCUT2D eigenvalue weighted by Gasteiger charge is 2.24. The number of benzene rings is 8. The van der Waals surface area contributed by atoms with Crippen LogP contribution in [0.4, 0.5) is 17.1 Å². The molecule has 0 aliphatic rings. The quantitative estimate of drug-likeness (QED) is 0.186. The lowest BCUT2D eigenvalue weighted by molar-refractivity contribution is 0.673. The van der Waals surface area contributed by atoms with Crippen molar-refractivity contribution in [2.75, 3.05) is 4.90 Å². The van der Waals surface area contributed by atoms with Gasteiger partial charge in [0.1, 0.15) is 11.2 Å². The Morgan fingerprint density at radius 1 is 0.348 bits per heavy atom. The molecule has 1 heterocycles. The van der Waals surface area contributed by atoms with Gasteiger partial charge in [0, 0.05) is 22.1 Å². The molecule has 9 aromatic rings. The van der Waals surface area contributed by atoms with Crippen molar-refractivity contribution in [1.82, 2.24) is 0 Å². The van der Waals surface area contributed by atoms with Gasteiger partial charge in [0.05, 0.1) is 11.1 Å². The van der Waals surface area contributed by atoms with E-state index in [1.54, 1.807) is 0 Å². The highest BCUT2D eigenvalue weighted by molar-refractivity contribution is 6.32. The molecule has 0 fully saturated rings. The average Bonchev–Trinajstić information content (AvgIpc) is 3.54. The largest absolute Gasteiger partial charge is 0.455 e. The molecule has 0 N–H and O–H groups in total. The van der Waals surface area contributed by atoms with Gasteiger partial charge in [0.2, 0.25) is 0 Å². The van der Waals surface area contributed by atoms with Gasteiger partial charge in [-0.2, -0.15) is 0 Å². The smallest absolute Gasteiger partial charge is 0.143 e. The van der Waals surface area contributed by atoms with Crippen molar-refractivity contribution in [1.29, 1.82) is 0 Å². The maximum atomic E-state index is 6.95. The molecular formula is C44H29NO. The summed E-state index contributed by atoms with van der Waals surface area (Å²) in [6, 6.07) is 62.5. The summed E-state index contributed by atoms with van der Waals surface area (Å²) in [6.45, 7) is 0. The van der Waals surface area contributed by atoms with Crippen LogP contribution >= 0.6 is 0 Å². The molecular weight excluding hydrogens is 558 g/mol. The molecule has 0 aliphatic heterocycles. The minimum absolute atomic E-state index is 0.870. The number of hydrogen-bond acceptors (Lipinski definition) is 2. The first kappa shape index (κ1) is 26.3. The summed E-state index contributed by atoms with van der Waals surface area (Å²) in [5.41, 5.74) is 9.68. The van der Waals surface area contributed by atoms with E-state index >= 15 is 0 Å². The zero-order valence-corrected chi connectivity index (χ0v) is 25.1. The van der Waals surface area contributed by atoms with Crippen LogP contribution in [0.1, 0.15) is 0 Å². The maximum absolute atomic E-state index is 6.95. The zero-order chi connectivity index (χ0) is 30.5. The number of anilines is 3. The fourth-order valence-corrected chi connectivity index (χ4v) is 6.92. The van der Waals surface area contributed by atoms with Crippen molar-refractivity contribution in [2.45, 2.75) is 0 Å². The van der Waals surface area contributed by atoms with E-state index in [2.05, 4.69) is 181 Å². The summed E-state index contributed by atoms with van der Waals surface area (Å²) in [5, 5.41) is 6.98. The molecule has 0 atom stereocenters. The minimum atomic E-state index is 0.870. The highest BCUT2D eigenvalue weighted by Crippen LogP contribution is 2.48. The van der Waals surface area contributed by atoms with Crippen LogP contribution in [0.3, 0.4) is 0 Å². The van der Waals surface area contributed by atoms with E-state index in [1.165, 1.54) is 27.3 Å². The number of para-hydroxylation sites is 1. The van der Waals surface area contributed by atoms with E-state index in [9.17, 15) is 0 Å². The molecule has 46 heavy (non-hydrogen) atoms. The van der Waals surface area contributed by atoms with Crippen LogP contribution in [-0.4, -0.2) is 0 Å². The third-order valence-electron chi connectivity index (χ3n) is 9.02. The van der Waals surface area contributed by atoms with Crippen LogP contribution in [0.25, 0.3) is 65.7 Å². The van der Waals surface area contributed by atoms with Crippen molar-refractivity contribution in [2.24, 2.45) is 0 Å². The van der Waals surface area contributed by atoms with E-state index in [0.717, 1.165) is 55.5 Å². The predicted octanol–water partition coefficient (Wildman–Crippen LogP) is 12.7. The fourth-order valence-electron chi connectivity index (χ4n) is 6.92. The number of hydrogen-bond donors (Lipinski definition) is 0. The number of fused-ring (bicyclic) bond motifs is 8. The minimum Gasteiger partial charge on any atom is -0.455 e. The maximum Gasteiger partial charge on any atom is 0.143 e. The second-order valence-corrected chi connectivity index (χ2v) is 11.7. The third-order valence-corrected chi connectivity index (χ3v) is 9.02. The summed E-state index contributed by atoms with van der Waals surface area (Å²) in [7, 11) is 0. The lowest BCUT2D eigenvalue weighted by atomic mass is 9.95. The second kappa shape index (κ2) is 10.8. The normalized spacial score (nSPS) is 11.5. The van der Waals surface area contributed by atoms with Gasteiger partial charge in [-0.05, 0) is 74.8 Å². The Labute approximate surface area is 267 Å². The number of furan rings is 1. The first-order valence-electron chi connectivity index (χ1n) is 15.7. The molecule has 2 nitrogen and oxygen atoms in total. The van der Waals surface area contributed by atoms with Gasteiger partial charge in [-0.3, -0.25) is 0 Å². The molecule has 0 unspecified atom stereocenters. The zero-order valence-electron chi connectivity index (χ0n) is 25.1. The fraction of sp³-hybridized carbons (Fsp3) is 0. The van der Waals surface area contributed by atoms with Crippen LogP contribution in [-0.2, 0) is 0 Å². The van der Waals surface area contributed by atoms with Gasteiger partial charge in [0.25, 0.3) is 0 Å². The van der Waals surface area contributed by atoms with Crippen molar-refractivity contribution in [3.05, 3.63) is 176 Å². The SMILES string of the molecule is c1ccc(-c2ccc(N(c3ccccc3)c3cc(-c4ccccc4)cc4oc5c6ccccc6c6ccccc6c5c34)cc2)cc1. The molecule has 0 spiro atoms. The lowest BCUT2D eigenvalue weighted by Crippen LogP contribution is -2.10. The second-order valence-electron chi connectivity index (χ2n) is 11.7. The third kappa shape index (κ3) is 4.27. The summed E-state index contributed by atoms with van der Waals surface area (Å²) in [5.74, 6) is 0. The molecule has 216 valence electrons. The Hall–Kier alpha value is -6.12. The van der Waals surface area contributed by atoms with E-state index in [0.29, 0.717) is 0 Å². The molecule has 0 saturated heterocycles. The van der Waals surface area contributed by atoms with Crippen LogP contribution in [0, 0.1) is 0 Å². The van der Waals surface area contributed by atoms with Crippen molar-refractivity contribution >= 4 is 60.5 Å². The Kier molecular flexibility index (Phi) is 6.17. The predicted molar refractivity (Wildman–Crippen MR) is 194 cm³/mol. The topological polar surface area (TPSA) is 16.4 Å². The molecule has 0 aliphatic carbocycles. The lowest BCUT2D eigenvalue weighted by Gasteiger charge is -2.27. The van der Waals surface area contributed by atoms with Gasteiger partial charge < -0.3 is 9.32 Å². The first-order chi connectivity index (χ1) is 22.8. The molecule has 1 aromatic heterocycles. The standard InChI is InChI=1S/C44H29NO/c1-4-14-30(15-5-1)32-24-26-35(27-25-32)45(34-18-8-3-9-19-34)40-28-33(31-16-6-2-7-17-31)29-41-43(40)42-38-22-12-10-20-36(38)37-21-11-13-23-39(37)44(42)46-41/h1-29H. The molecule has 9 rings (SSSR count). The molecule has 8 aromatic carbocycles. The summed E-state index contributed by atoms with van der Waals surface area (Å²) < 4.78 is 6.95. The van der Waals surface area contributed by atoms with E-state index in [1.807, 2.05) is 0 Å². The Morgan fingerprint density at radius 2 is 0.826 bits per heavy atom. The van der Waals surface area contributed by atoms with Crippen LogP contribution in [0.2, 0.25) is 0 Å². The monoisotopic (exact) mass is 587 g/mol. The first-order valence-corrected chi connectivity index (χ1v) is 15.7. The summed E-state index contributed by atoms with van der Waals surface area (Å²) in [4.78, 5) is 2.38.